The quantitative estimate of drug-likeness (QED) is 0.677. The number of hydrogen-bond donors (Lipinski definition) is 1. The molecule has 5 nitrogen and oxygen atoms in total. The van der Waals surface area contributed by atoms with E-state index in [0.717, 1.165) is 24.9 Å². The molecule has 0 saturated carbocycles. The third-order valence-electron chi connectivity index (χ3n) is 2.49. The average Bonchev–Trinajstić information content (AvgIpc) is 2.30. The monoisotopic (exact) mass is 256 g/mol. The van der Waals surface area contributed by atoms with Crippen LogP contribution in [0, 0.1) is 12.3 Å². The lowest BCUT2D eigenvalue weighted by Crippen LogP contribution is -2.49. The summed E-state index contributed by atoms with van der Waals surface area (Å²) >= 11 is 1.14. The van der Waals surface area contributed by atoms with Gasteiger partial charge < -0.3 is 10.0 Å². The Morgan fingerprint density at radius 2 is 1.88 bits per heavy atom. The van der Waals surface area contributed by atoms with Crippen molar-refractivity contribution in [1.29, 1.82) is 0 Å². The summed E-state index contributed by atoms with van der Waals surface area (Å²) in [5, 5.41) is 8.46. The Bertz CT molecular complexity index is 319. The molecule has 1 N–H and O–H groups in total. The summed E-state index contributed by atoms with van der Waals surface area (Å²) in [7, 11) is 0. The summed E-state index contributed by atoms with van der Waals surface area (Å²) in [6, 6.07) is 0. The van der Waals surface area contributed by atoms with Crippen molar-refractivity contribution in [2.75, 3.05) is 44.2 Å². The zero-order chi connectivity index (χ0) is 12.7. The van der Waals surface area contributed by atoms with Gasteiger partial charge in [-0.2, -0.15) is 0 Å². The van der Waals surface area contributed by atoms with E-state index in [1.807, 2.05) is 0 Å². The van der Waals surface area contributed by atoms with Crippen molar-refractivity contribution in [2.24, 2.45) is 0 Å². The van der Waals surface area contributed by atoms with Crippen LogP contribution in [0.15, 0.2) is 0 Å². The molecule has 1 saturated heterocycles. The molecular formula is C11H16N2O3S. The van der Waals surface area contributed by atoms with Gasteiger partial charge in [-0.05, 0) is 0 Å². The molecule has 0 unspecified atom stereocenters. The molecule has 0 atom stereocenters. The van der Waals surface area contributed by atoms with E-state index >= 15 is 0 Å². The minimum absolute atomic E-state index is 0.0107. The Balaban J connectivity index is 2.22. The molecule has 1 aliphatic heterocycles. The van der Waals surface area contributed by atoms with E-state index in [9.17, 15) is 9.59 Å². The number of aliphatic carboxylic acids is 1. The highest BCUT2D eigenvalue weighted by atomic mass is 32.2. The lowest BCUT2D eigenvalue weighted by molar-refractivity contribution is -0.133. The van der Waals surface area contributed by atoms with Crippen molar-refractivity contribution in [1.82, 2.24) is 9.80 Å². The molecule has 1 amide bonds. The number of carboxylic acids is 1. The number of hydrogen-bond acceptors (Lipinski definition) is 4. The van der Waals surface area contributed by atoms with Crippen molar-refractivity contribution in [3.63, 3.8) is 0 Å². The topological polar surface area (TPSA) is 60.9 Å². The number of carboxylic acid groups (broad SMARTS) is 1. The van der Waals surface area contributed by atoms with Crippen LogP contribution in [0.1, 0.15) is 0 Å². The van der Waals surface area contributed by atoms with Crippen LogP contribution in [0.3, 0.4) is 0 Å². The first-order valence-electron chi connectivity index (χ1n) is 5.36. The number of nitrogens with zero attached hydrogens (tertiary/aromatic N) is 2. The van der Waals surface area contributed by atoms with Crippen molar-refractivity contribution in [3.05, 3.63) is 0 Å². The van der Waals surface area contributed by atoms with Gasteiger partial charge in [-0.1, -0.05) is 5.92 Å². The number of terminal acetylenes is 1. The van der Waals surface area contributed by atoms with Gasteiger partial charge in [0.05, 0.1) is 18.1 Å². The van der Waals surface area contributed by atoms with Crippen LogP contribution in [0.4, 0.5) is 0 Å². The van der Waals surface area contributed by atoms with Gasteiger partial charge in [-0.25, -0.2) is 0 Å². The van der Waals surface area contributed by atoms with Crippen molar-refractivity contribution >= 4 is 23.6 Å². The minimum Gasteiger partial charge on any atom is -0.481 e. The number of thioether (sulfide) groups is 1. The van der Waals surface area contributed by atoms with Crippen LogP contribution >= 0.6 is 11.8 Å². The summed E-state index contributed by atoms with van der Waals surface area (Å²) < 4.78 is 0. The molecule has 1 rings (SSSR count). The Hall–Kier alpha value is -1.19. The van der Waals surface area contributed by atoms with E-state index in [-0.39, 0.29) is 17.4 Å². The number of carbonyl (C=O) groups excluding carboxylic acids is 1. The molecule has 6 heteroatoms. The summed E-state index contributed by atoms with van der Waals surface area (Å²) in [5.74, 6) is 1.92. The fourth-order valence-electron chi connectivity index (χ4n) is 1.60. The standard InChI is InChI=1S/C11H16N2O3S/c1-2-3-12-4-6-13(7-5-12)10(14)8-17-9-11(15)16/h1H,3-9H2,(H,15,16). The van der Waals surface area contributed by atoms with Crippen LogP contribution in [0.25, 0.3) is 0 Å². The Labute approximate surface area is 105 Å². The third kappa shape index (κ3) is 5.11. The Kier molecular flexibility index (Phi) is 5.87. The maximum absolute atomic E-state index is 11.7. The lowest BCUT2D eigenvalue weighted by atomic mass is 10.3. The highest BCUT2D eigenvalue weighted by Crippen LogP contribution is 2.06. The molecule has 0 radical (unpaired) electrons. The molecule has 1 heterocycles. The second kappa shape index (κ2) is 7.20. The number of rotatable bonds is 5. The summed E-state index contributed by atoms with van der Waals surface area (Å²) in [6.07, 6.45) is 5.22. The largest absolute Gasteiger partial charge is 0.481 e. The van der Waals surface area contributed by atoms with Gasteiger partial charge in [0.2, 0.25) is 5.91 Å². The van der Waals surface area contributed by atoms with Crippen molar-refractivity contribution < 1.29 is 14.7 Å². The van der Waals surface area contributed by atoms with Crippen LogP contribution in [-0.4, -0.2) is 71.0 Å². The number of amides is 1. The SMILES string of the molecule is C#CCN1CCN(C(=O)CSCC(=O)O)CC1. The fourth-order valence-corrected chi connectivity index (χ4v) is 2.24. The molecule has 1 fully saturated rings. The fraction of sp³-hybridized carbons (Fsp3) is 0.636. The van der Waals surface area contributed by atoms with Crippen LogP contribution in [-0.2, 0) is 9.59 Å². The molecule has 0 aromatic heterocycles. The first-order chi connectivity index (χ1) is 8.13. The van der Waals surface area contributed by atoms with Crippen LogP contribution in [0.5, 0.6) is 0 Å². The van der Waals surface area contributed by atoms with E-state index in [4.69, 9.17) is 11.5 Å². The first kappa shape index (κ1) is 13.9. The lowest BCUT2D eigenvalue weighted by Gasteiger charge is -2.33. The van der Waals surface area contributed by atoms with Crippen molar-refractivity contribution in [3.8, 4) is 12.3 Å². The maximum Gasteiger partial charge on any atom is 0.313 e. The predicted octanol–water partition coefficient (Wildman–Crippen LogP) is -0.418. The third-order valence-corrected chi connectivity index (χ3v) is 3.39. The summed E-state index contributed by atoms with van der Waals surface area (Å²) in [6.45, 7) is 3.55. The van der Waals surface area contributed by atoms with E-state index < -0.39 is 5.97 Å². The summed E-state index contributed by atoms with van der Waals surface area (Å²) in [5.41, 5.74) is 0. The molecule has 1 aliphatic rings. The van der Waals surface area contributed by atoms with E-state index in [2.05, 4.69) is 10.8 Å². The zero-order valence-electron chi connectivity index (χ0n) is 9.59. The molecule has 0 aromatic rings. The molecule has 0 aliphatic carbocycles. The number of carbonyl (C=O) groups is 2. The highest BCUT2D eigenvalue weighted by molar-refractivity contribution is 8.00. The maximum atomic E-state index is 11.7. The Morgan fingerprint density at radius 3 is 2.41 bits per heavy atom. The number of piperazine rings is 1. The first-order valence-corrected chi connectivity index (χ1v) is 6.52. The van der Waals surface area contributed by atoms with Gasteiger partial charge in [0.1, 0.15) is 0 Å². The van der Waals surface area contributed by atoms with E-state index in [0.29, 0.717) is 19.6 Å². The minimum atomic E-state index is -0.887. The van der Waals surface area contributed by atoms with Gasteiger partial charge in [-0.15, -0.1) is 18.2 Å². The Morgan fingerprint density at radius 1 is 1.24 bits per heavy atom. The molecular weight excluding hydrogens is 240 g/mol. The molecule has 0 aromatic carbocycles. The van der Waals surface area contributed by atoms with E-state index in [1.54, 1.807) is 4.90 Å². The van der Waals surface area contributed by atoms with Crippen LogP contribution in [0.2, 0.25) is 0 Å². The summed E-state index contributed by atoms with van der Waals surface area (Å²) in [4.78, 5) is 25.9. The smallest absolute Gasteiger partial charge is 0.313 e. The van der Waals surface area contributed by atoms with Gasteiger partial charge in [0.15, 0.2) is 0 Å². The predicted molar refractivity (Wildman–Crippen MR) is 66.8 cm³/mol. The highest BCUT2D eigenvalue weighted by Gasteiger charge is 2.20. The van der Waals surface area contributed by atoms with Crippen molar-refractivity contribution in [2.45, 2.75) is 0 Å². The van der Waals surface area contributed by atoms with Gasteiger partial charge >= 0.3 is 5.97 Å². The van der Waals surface area contributed by atoms with Gasteiger partial charge in [0, 0.05) is 26.2 Å². The average molecular weight is 256 g/mol. The van der Waals surface area contributed by atoms with Gasteiger partial charge in [0.25, 0.3) is 0 Å². The second-order valence-electron chi connectivity index (χ2n) is 3.75. The zero-order valence-corrected chi connectivity index (χ0v) is 10.4. The van der Waals surface area contributed by atoms with E-state index in [1.165, 1.54) is 0 Å². The van der Waals surface area contributed by atoms with Gasteiger partial charge in [-0.3, -0.25) is 14.5 Å². The molecule has 0 spiro atoms. The second-order valence-corrected chi connectivity index (χ2v) is 4.73. The molecule has 0 bridgehead atoms. The molecule has 17 heavy (non-hydrogen) atoms. The normalized spacial score (nSPS) is 16.5. The van der Waals surface area contributed by atoms with Crippen LogP contribution < -0.4 is 0 Å². The molecule has 94 valence electrons.